The van der Waals surface area contributed by atoms with E-state index in [1.807, 2.05) is 0 Å². The lowest BCUT2D eigenvalue weighted by Gasteiger charge is -2.36. The van der Waals surface area contributed by atoms with Gasteiger partial charge in [-0.05, 0) is 37.0 Å². The molecule has 0 saturated carbocycles. The minimum absolute atomic E-state index is 0.252. The first kappa shape index (κ1) is 13.5. The van der Waals surface area contributed by atoms with Crippen LogP contribution in [-0.4, -0.2) is 42.8 Å². The Balaban J connectivity index is 2.28. The molecule has 1 aliphatic rings. The van der Waals surface area contributed by atoms with Crippen LogP contribution < -0.4 is 5.32 Å². The number of aliphatic hydroxyl groups excluding tert-OH is 1. The highest BCUT2D eigenvalue weighted by Crippen LogP contribution is 2.29. The van der Waals surface area contributed by atoms with Crippen molar-refractivity contribution in [3.05, 3.63) is 34.9 Å². The number of aliphatic hydroxyl groups is 1. The zero-order valence-electron chi connectivity index (χ0n) is 11.4. The van der Waals surface area contributed by atoms with Gasteiger partial charge in [-0.25, -0.2) is 0 Å². The summed E-state index contributed by atoms with van der Waals surface area (Å²) in [4.78, 5) is 2.50. The number of nitrogens with one attached hydrogen (secondary N) is 1. The summed E-state index contributed by atoms with van der Waals surface area (Å²) in [5, 5.41) is 12.8. The predicted molar refractivity (Wildman–Crippen MR) is 74.8 cm³/mol. The summed E-state index contributed by atoms with van der Waals surface area (Å²) in [6.45, 7) is 8.84. The lowest BCUT2D eigenvalue weighted by atomic mass is 9.93. The molecule has 2 N–H and O–H groups in total. The van der Waals surface area contributed by atoms with Gasteiger partial charge in [-0.1, -0.05) is 18.2 Å². The van der Waals surface area contributed by atoms with Gasteiger partial charge in [0.25, 0.3) is 0 Å². The molecule has 0 spiro atoms. The predicted octanol–water partition coefficient (Wildman–Crippen LogP) is 1.63. The van der Waals surface area contributed by atoms with Crippen molar-refractivity contribution in [2.24, 2.45) is 0 Å². The van der Waals surface area contributed by atoms with Crippen molar-refractivity contribution >= 4 is 0 Å². The fourth-order valence-electron chi connectivity index (χ4n) is 2.98. The second-order valence-corrected chi connectivity index (χ2v) is 5.12. The Morgan fingerprint density at radius 2 is 1.83 bits per heavy atom. The molecule has 0 bridgehead atoms. The fraction of sp³-hybridized carbons (Fsp3) is 0.600. The quantitative estimate of drug-likeness (QED) is 0.850. The number of benzene rings is 1. The molecule has 0 unspecified atom stereocenters. The van der Waals surface area contributed by atoms with E-state index in [0.29, 0.717) is 6.04 Å². The molecule has 0 radical (unpaired) electrons. The van der Waals surface area contributed by atoms with Crippen molar-refractivity contribution in [3.63, 3.8) is 0 Å². The molecule has 18 heavy (non-hydrogen) atoms. The summed E-state index contributed by atoms with van der Waals surface area (Å²) in [5.41, 5.74) is 4.09. The van der Waals surface area contributed by atoms with Crippen molar-refractivity contribution in [3.8, 4) is 0 Å². The molecule has 3 heteroatoms. The van der Waals surface area contributed by atoms with E-state index in [0.717, 1.165) is 32.6 Å². The summed E-state index contributed by atoms with van der Waals surface area (Å²) in [7, 11) is 0. The van der Waals surface area contributed by atoms with Gasteiger partial charge in [0, 0.05) is 38.8 Å². The first-order valence-corrected chi connectivity index (χ1v) is 6.85. The van der Waals surface area contributed by atoms with Crippen LogP contribution >= 0.6 is 0 Å². The maximum atomic E-state index is 9.37. The molecule has 2 rings (SSSR count). The number of aryl methyl sites for hydroxylation is 2. The Hall–Kier alpha value is -0.900. The van der Waals surface area contributed by atoms with E-state index in [-0.39, 0.29) is 6.61 Å². The van der Waals surface area contributed by atoms with Gasteiger partial charge >= 0.3 is 0 Å². The molecule has 3 nitrogen and oxygen atoms in total. The molecular formula is C15H24N2O. The van der Waals surface area contributed by atoms with E-state index < -0.39 is 0 Å². The van der Waals surface area contributed by atoms with Crippen molar-refractivity contribution in [1.82, 2.24) is 10.2 Å². The molecule has 100 valence electrons. The third-order valence-electron chi connectivity index (χ3n) is 3.87. The Labute approximate surface area is 110 Å². The van der Waals surface area contributed by atoms with Crippen LogP contribution in [0.15, 0.2) is 18.2 Å². The standard InChI is InChI=1S/C15H24N2O/c1-12-4-3-5-13(2)15(12)14(6-11-18)17-9-7-16-8-10-17/h3-5,14,16,18H,6-11H2,1-2H3/t14-/m1/s1. The maximum absolute atomic E-state index is 9.37. The smallest absolute Gasteiger partial charge is 0.0449 e. The van der Waals surface area contributed by atoms with E-state index >= 15 is 0 Å². The number of piperazine rings is 1. The molecule has 1 fully saturated rings. The monoisotopic (exact) mass is 248 g/mol. The van der Waals surface area contributed by atoms with Gasteiger partial charge in [0.1, 0.15) is 0 Å². The molecule has 0 aliphatic carbocycles. The average molecular weight is 248 g/mol. The average Bonchev–Trinajstić information content (AvgIpc) is 2.38. The second kappa shape index (κ2) is 6.32. The molecule has 0 amide bonds. The van der Waals surface area contributed by atoms with Crippen molar-refractivity contribution in [1.29, 1.82) is 0 Å². The van der Waals surface area contributed by atoms with E-state index in [4.69, 9.17) is 0 Å². The van der Waals surface area contributed by atoms with Gasteiger partial charge < -0.3 is 10.4 Å². The maximum Gasteiger partial charge on any atom is 0.0449 e. The van der Waals surface area contributed by atoms with Crippen LogP contribution in [0.25, 0.3) is 0 Å². The van der Waals surface area contributed by atoms with Crippen LogP contribution in [0.4, 0.5) is 0 Å². The van der Waals surface area contributed by atoms with Gasteiger partial charge in [-0.2, -0.15) is 0 Å². The topological polar surface area (TPSA) is 35.5 Å². The SMILES string of the molecule is Cc1cccc(C)c1[C@@H](CCO)N1CCNCC1. The minimum atomic E-state index is 0.252. The van der Waals surface area contributed by atoms with E-state index in [9.17, 15) is 5.11 Å². The van der Waals surface area contributed by atoms with Crippen molar-refractivity contribution in [2.75, 3.05) is 32.8 Å². The number of hydrogen-bond donors (Lipinski definition) is 2. The van der Waals surface area contributed by atoms with E-state index in [1.54, 1.807) is 0 Å². The summed E-state index contributed by atoms with van der Waals surface area (Å²) < 4.78 is 0. The number of nitrogens with zero attached hydrogens (tertiary/aromatic N) is 1. The molecule has 1 aliphatic heterocycles. The van der Waals surface area contributed by atoms with Crippen LogP contribution in [0.2, 0.25) is 0 Å². The molecule has 1 atom stereocenters. The Morgan fingerprint density at radius 1 is 1.22 bits per heavy atom. The summed E-state index contributed by atoms with van der Waals surface area (Å²) in [6, 6.07) is 6.82. The van der Waals surface area contributed by atoms with Crippen LogP contribution in [0.1, 0.15) is 29.2 Å². The highest BCUT2D eigenvalue weighted by molar-refractivity contribution is 5.36. The van der Waals surface area contributed by atoms with Gasteiger partial charge in [-0.15, -0.1) is 0 Å². The molecular weight excluding hydrogens is 224 g/mol. The Bertz CT molecular complexity index is 366. The van der Waals surface area contributed by atoms with Gasteiger partial charge in [0.15, 0.2) is 0 Å². The lowest BCUT2D eigenvalue weighted by Crippen LogP contribution is -2.45. The van der Waals surface area contributed by atoms with Crippen LogP contribution in [0.3, 0.4) is 0 Å². The van der Waals surface area contributed by atoms with Gasteiger partial charge in [0.05, 0.1) is 0 Å². The fourth-order valence-corrected chi connectivity index (χ4v) is 2.98. The highest BCUT2D eigenvalue weighted by Gasteiger charge is 2.24. The van der Waals surface area contributed by atoms with E-state index in [1.165, 1.54) is 16.7 Å². The van der Waals surface area contributed by atoms with Crippen LogP contribution in [0.5, 0.6) is 0 Å². The first-order valence-electron chi connectivity index (χ1n) is 6.85. The van der Waals surface area contributed by atoms with Crippen LogP contribution in [-0.2, 0) is 0 Å². The Morgan fingerprint density at radius 3 is 2.39 bits per heavy atom. The lowest BCUT2D eigenvalue weighted by molar-refractivity contribution is 0.140. The molecule has 1 aromatic rings. The van der Waals surface area contributed by atoms with Crippen molar-refractivity contribution in [2.45, 2.75) is 26.3 Å². The zero-order valence-corrected chi connectivity index (χ0v) is 11.4. The van der Waals surface area contributed by atoms with Gasteiger partial charge in [0.2, 0.25) is 0 Å². The minimum Gasteiger partial charge on any atom is -0.396 e. The first-order chi connectivity index (χ1) is 8.74. The summed E-state index contributed by atoms with van der Waals surface area (Å²) in [5.74, 6) is 0. The molecule has 1 aromatic carbocycles. The summed E-state index contributed by atoms with van der Waals surface area (Å²) in [6.07, 6.45) is 0.825. The number of hydrogen-bond acceptors (Lipinski definition) is 3. The normalized spacial score (nSPS) is 18.8. The molecule has 1 saturated heterocycles. The highest BCUT2D eigenvalue weighted by atomic mass is 16.3. The number of rotatable bonds is 4. The third-order valence-corrected chi connectivity index (χ3v) is 3.87. The van der Waals surface area contributed by atoms with Crippen molar-refractivity contribution < 1.29 is 5.11 Å². The van der Waals surface area contributed by atoms with E-state index in [2.05, 4.69) is 42.3 Å². The molecule has 0 aromatic heterocycles. The largest absolute Gasteiger partial charge is 0.396 e. The van der Waals surface area contributed by atoms with Crippen LogP contribution in [0, 0.1) is 13.8 Å². The summed E-state index contributed by atoms with van der Waals surface area (Å²) >= 11 is 0. The Kier molecular flexibility index (Phi) is 4.75. The zero-order chi connectivity index (χ0) is 13.0. The van der Waals surface area contributed by atoms with Gasteiger partial charge in [-0.3, -0.25) is 4.90 Å². The molecule has 1 heterocycles. The second-order valence-electron chi connectivity index (χ2n) is 5.12. The third kappa shape index (κ3) is 2.91.